The number of rotatable bonds is 4. The predicted molar refractivity (Wildman–Crippen MR) is 112 cm³/mol. The topological polar surface area (TPSA) is 59.3 Å². The first-order chi connectivity index (χ1) is 14.7. The molecule has 31 heavy (non-hydrogen) atoms. The van der Waals surface area contributed by atoms with Gasteiger partial charge in [0.05, 0.1) is 11.9 Å². The van der Waals surface area contributed by atoms with Gasteiger partial charge in [0.1, 0.15) is 5.56 Å². The summed E-state index contributed by atoms with van der Waals surface area (Å²) < 4.78 is 42.0. The number of hydrogen-bond acceptors (Lipinski definition) is 3. The second kappa shape index (κ2) is 8.32. The maximum atomic E-state index is 13.8. The van der Waals surface area contributed by atoms with E-state index >= 15 is 0 Å². The third-order valence-electron chi connectivity index (χ3n) is 5.82. The minimum absolute atomic E-state index is 0.0325. The van der Waals surface area contributed by atoms with E-state index in [0.29, 0.717) is 16.0 Å². The maximum Gasteiger partial charge on any atom is 0.433 e. The number of amides is 1. The Kier molecular flexibility index (Phi) is 5.73. The van der Waals surface area contributed by atoms with Crippen LogP contribution in [0.2, 0.25) is 0 Å². The number of aromatic nitrogens is 3. The largest absolute Gasteiger partial charge is 0.433 e. The molecule has 1 amide bonds. The van der Waals surface area contributed by atoms with E-state index in [-0.39, 0.29) is 22.9 Å². The molecule has 8 heteroatoms. The van der Waals surface area contributed by atoms with Gasteiger partial charge in [0.15, 0.2) is 11.3 Å². The highest BCUT2D eigenvalue weighted by Crippen LogP contribution is 2.33. The van der Waals surface area contributed by atoms with Crippen molar-refractivity contribution in [2.45, 2.75) is 64.1 Å². The molecular formula is C23H25F3N4O. The molecule has 3 aromatic rings. The zero-order chi connectivity index (χ0) is 22.2. The number of hydrogen-bond donors (Lipinski definition) is 1. The minimum atomic E-state index is -4.64. The normalized spacial score (nSPS) is 15.5. The molecule has 1 aliphatic carbocycles. The lowest BCUT2D eigenvalue weighted by Crippen LogP contribution is -2.36. The molecule has 1 saturated carbocycles. The number of carbonyl (C=O) groups excluding carboxylic acids is 1. The quantitative estimate of drug-likeness (QED) is 0.586. The molecule has 5 nitrogen and oxygen atoms in total. The van der Waals surface area contributed by atoms with E-state index < -0.39 is 17.8 Å². The Morgan fingerprint density at radius 2 is 1.81 bits per heavy atom. The van der Waals surface area contributed by atoms with Gasteiger partial charge in [0, 0.05) is 11.6 Å². The van der Waals surface area contributed by atoms with Crippen molar-refractivity contribution in [3.05, 3.63) is 53.3 Å². The van der Waals surface area contributed by atoms with Crippen LogP contribution in [0.15, 0.2) is 36.5 Å². The number of halogens is 3. The third kappa shape index (κ3) is 4.43. The van der Waals surface area contributed by atoms with Gasteiger partial charge in [0.25, 0.3) is 5.91 Å². The van der Waals surface area contributed by atoms with Crippen molar-refractivity contribution in [2.24, 2.45) is 0 Å². The lowest BCUT2D eigenvalue weighted by molar-refractivity contribution is -0.142. The van der Waals surface area contributed by atoms with Crippen LogP contribution in [-0.4, -0.2) is 26.5 Å². The molecule has 1 N–H and O–H groups in total. The Bertz CT molecular complexity index is 1080. The number of benzene rings is 1. The summed E-state index contributed by atoms with van der Waals surface area (Å²) in [6.07, 6.45) is 1.48. The van der Waals surface area contributed by atoms with Crippen LogP contribution in [0, 0.1) is 0 Å². The third-order valence-corrected chi connectivity index (χ3v) is 5.82. The van der Waals surface area contributed by atoms with Crippen molar-refractivity contribution in [1.29, 1.82) is 0 Å². The van der Waals surface area contributed by atoms with Gasteiger partial charge in [-0.1, -0.05) is 57.4 Å². The van der Waals surface area contributed by atoms with Crippen LogP contribution in [0.5, 0.6) is 0 Å². The molecule has 2 heterocycles. The summed E-state index contributed by atoms with van der Waals surface area (Å²) in [5.41, 5.74) is 0.789. The fourth-order valence-corrected chi connectivity index (χ4v) is 4.02. The molecule has 2 aromatic heterocycles. The van der Waals surface area contributed by atoms with Crippen molar-refractivity contribution in [2.75, 3.05) is 0 Å². The fraction of sp³-hybridized carbons (Fsp3) is 0.435. The Morgan fingerprint density at radius 1 is 1.13 bits per heavy atom. The van der Waals surface area contributed by atoms with Gasteiger partial charge < -0.3 is 5.32 Å². The number of alkyl halides is 3. The van der Waals surface area contributed by atoms with E-state index in [1.54, 1.807) is 12.1 Å². The second-order valence-electron chi connectivity index (χ2n) is 8.40. The van der Waals surface area contributed by atoms with Crippen molar-refractivity contribution in [3.63, 3.8) is 0 Å². The highest BCUT2D eigenvalue weighted by atomic mass is 19.4. The standard InChI is InChI=1S/C23H25F3N4O/c1-14(2)15-8-10-16(11-9-15)19-12-20(23(24,25)26)30-21(29-19)18(13-27-30)22(31)28-17-6-4-3-5-7-17/h8-14,17H,3-7H2,1-2H3,(H,28,31). The van der Waals surface area contributed by atoms with Crippen molar-refractivity contribution in [3.8, 4) is 11.3 Å². The van der Waals surface area contributed by atoms with Crippen LogP contribution in [0.3, 0.4) is 0 Å². The molecular weight excluding hydrogens is 405 g/mol. The molecule has 1 aliphatic rings. The molecule has 0 atom stereocenters. The van der Waals surface area contributed by atoms with Gasteiger partial charge in [0.2, 0.25) is 0 Å². The fourth-order valence-electron chi connectivity index (χ4n) is 4.02. The lowest BCUT2D eigenvalue weighted by Gasteiger charge is -2.22. The zero-order valence-electron chi connectivity index (χ0n) is 17.5. The first kappa shape index (κ1) is 21.3. The maximum absolute atomic E-state index is 13.8. The van der Waals surface area contributed by atoms with Crippen LogP contribution < -0.4 is 5.32 Å². The summed E-state index contributed by atoms with van der Waals surface area (Å²) >= 11 is 0. The van der Waals surface area contributed by atoms with Crippen molar-refractivity contribution >= 4 is 11.6 Å². The summed E-state index contributed by atoms with van der Waals surface area (Å²) in [4.78, 5) is 17.2. The van der Waals surface area contributed by atoms with E-state index in [1.165, 1.54) is 6.20 Å². The minimum Gasteiger partial charge on any atom is -0.349 e. The van der Waals surface area contributed by atoms with Crippen molar-refractivity contribution in [1.82, 2.24) is 19.9 Å². The summed E-state index contributed by atoms with van der Waals surface area (Å²) in [7, 11) is 0. The first-order valence-electron chi connectivity index (χ1n) is 10.6. The van der Waals surface area contributed by atoms with Gasteiger partial charge >= 0.3 is 6.18 Å². The molecule has 0 unspecified atom stereocenters. The van der Waals surface area contributed by atoms with Gasteiger partial charge in [-0.25, -0.2) is 9.50 Å². The van der Waals surface area contributed by atoms with E-state index in [9.17, 15) is 18.0 Å². The summed E-state index contributed by atoms with van der Waals surface area (Å²) in [5.74, 6) is -0.130. The second-order valence-corrected chi connectivity index (χ2v) is 8.40. The van der Waals surface area contributed by atoms with E-state index in [4.69, 9.17) is 0 Å². The van der Waals surface area contributed by atoms with E-state index in [0.717, 1.165) is 43.7 Å². The Morgan fingerprint density at radius 3 is 2.42 bits per heavy atom. The van der Waals surface area contributed by atoms with E-state index in [1.807, 2.05) is 26.0 Å². The van der Waals surface area contributed by atoms with Crippen LogP contribution in [0.4, 0.5) is 13.2 Å². The Hall–Kier alpha value is -2.90. The molecule has 0 aliphatic heterocycles. The number of nitrogens with one attached hydrogen (secondary N) is 1. The highest BCUT2D eigenvalue weighted by molar-refractivity contribution is 6.00. The van der Waals surface area contributed by atoms with Gasteiger partial charge in [-0.3, -0.25) is 4.79 Å². The average molecular weight is 430 g/mol. The van der Waals surface area contributed by atoms with Crippen molar-refractivity contribution < 1.29 is 18.0 Å². The molecule has 4 rings (SSSR count). The predicted octanol–water partition coefficient (Wildman–Crippen LogP) is 5.60. The van der Waals surface area contributed by atoms with Gasteiger partial charge in [-0.05, 0) is 30.4 Å². The number of fused-ring (bicyclic) bond motifs is 1. The van der Waals surface area contributed by atoms with Crippen LogP contribution >= 0.6 is 0 Å². The Balaban J connectivity index is 1.77. The zero-order valence-corrected chi connectivity index (χ0v) is 17.5. The molecule has 0 spiro atoms. The van der Waals surface area contributed by atoms with E-state index in [2.05, 4.69) is 15.4 Å². The lowest BCUT2D eigenvalue weighted by atomic mass is 9.95. The number of carbonyl (C=O) groups is 1. The average Bonchev–Trinajstić information content (AvgIpc) is 3.17. The van der Waals surface area contributed by atoms with Crippen LogP contribution in [0.1, 0.15) is 73.5 Å². The molecule has 0 bridgehead atoms. The SMILES string of the molecule is CC(C)c1ccc(-c2cc(C(F)(F)F)n3ncc(C(=O)NC4CCCCC4)c3n2)cc1. The molecule has 0 saturated heterocycles. The summed E-state index contributed by atoms with van der Waals surface area (Å²) in [6, 6.07) is 8.29. The summed E-state index contributed by atoms with van der Waals surface area (Å²) in [5, 5.41) is 6.78. The summed E-state index contributed by atoms with van der Waals surface area (Å²) in [6.45, 7) is 4.09. The molecule has 0 radical (unpaired) electrons. The molecule has 164 valence electrons. The highest BCUT2D eigenvalue weighted by Gasteiger charge is 2.36. The first-order valence-corrected chi connectivity index (χ1v) is 10.6. The molecule has 1 fully saturated rings. The van der Waals surface area contributed by atoms with Crippen LogP contribution in [-0.2, 0) is 6.18 Å². The van der Waals surface area contributed by atoms with Gasteiger partial charge in [-0.2, -0.15) is 18.3 Å². The van der Waals surface area contributed by atoms with Gasteiger partial charge in [-0.15, -0.1) is 0 Å². The Labute approximate surface area is 178 Å². The monoisotopic (exact) mass is 430 g/mol. The van der Waals surface area contributed by atoms with Crippen LogP contribution in [0.25, 0.3) is 16.9 Å². The number of nitrogens with zero attached hydrogens (tertiary/aromatic N) is 3. The smallest absolute Gasteiger partial charge is 0.349 e. The molecule has 1 aromatic carbocycles.